The average molecular weight is 492 g/mol. The second-order valence-corrected chi connectivity index (χ2v) is 8.94. The van der Waals surface area contributed by atoms with Gasteiger partial charge in [-0.3, -0.25) is 9.59 Å². The number of aliphatic carboxylic acids is 1. The van der Waals surface area contributed by atoms with E-state index in [1.165, 1.54) is 28.5 Å². The van der Waals surface area contributed by atoms with E-state index in [0.29, 0.717) is 18.0 Å². The van der Waals surface area contributed by atoms with E-state index in [2.05, 4.69) is 41.1 Å². The Balaban J connectivity index is 1.28. The predicted octanol–water partition coefficient (Wildman–Crippen LogP) is 3.94. The Labute approximate surface area is 206 Å². The van der Waals surface area contributed by atoms with E-state index in [-0.39, 0.29) is 24.8 Å². The van der Waals surface area contributed by atoms with E-state index in [9.17, 15) is 14.4 Å². The lowest BCUT2D eigenvalue weighted by Crippen LogP contribution is -2.36. The number of nitrogens with one attached hydrogen (secondary N) is 1. The minimum atomic E-state index is -1.11. The van der Waals surface area contributed by atoms with Crippen LogP contribution >= 0.6 is 11.3 Å². The summed E-state index contributed by atoms with van der Waals surface area (Å²) in [5, 5.41) is 14.0. The number of aromatic nitrogens is 1. The number of carbonyl (C=O) groups is 3. The predicted molar refractivity (Wildman–Crippen MR) is 133 cm³/mol. The monoisotopic (exact) mass is 491 g/mol. The Bertz CT molecular complexity index is 1210. The minimum Gasteiger partial charge on any atom is -0.480 e. The van der Waals surface area contributed by atoms with Crippen LogP contribution in [-0.4, -0.2) is 59.2 Å². The molecule has 0 unspecified atom stereocenters. The summed E-state index contributed by atoms with van der Waals surface area (Å²) in [6, 6.07) is 16.3. The van der Waals surface area contributed by atoms with E-state index < -0.39 is 24.5 Å². The maximum absolute atomic E-state index is 12.5. The van der Waals surface area contributed by atoms with Gasteiger partial charge in [-0.2, -0.15) is 0 Å². The van der Waals surface area contributed by atoms with Gasteiger partial charge in [0.15, 0.2) is 0 Å². The average Bonchev–Trinajstić information content (AvgIpc) is 3.45. The molecule has 1 aliphatic carbocycles. The zero-order valence-corrected chi connectivity index (χ0v) is 19.8. The summed E-state index contributed by atoms with van der Waals surface area (Å²) in [4.78, 5) is 41.3. The molecule has 2 N–H and O–H groups in total. The molecular formula is C26H25N3O5S. The lowest BCUT2D eigenvalue weighted by molar-refractivity contribution is -0.137. The molecule has 180 valence electrons. The van der Waals surface area contributed by atoms with Crippen LogP contribution in [0.5, 0.6) is 0 Å². The van der Waals surface area contributed by atoms with Gasteiger partial charge in [0, 0.05) is 30.8 Å². The molecular weight excluding hydrogens is 466 g/mol. The van der Waals surface area contributed by atoms with Gasteiger partial charge in [0.2, 0.25) is 0 Å². The molecule has 1 heterocycles. The smallest absolute Gasteiger partial charge is 0.407 e. The van der Waals surface area contributed by atoms with Crippen LogP contribution in [0.4, 0.5) is 4.79 Å². The van der Waals surface area contributed by atoms with Crippen molar-refractivity contribution in [3.05, 3.63) is 88.4 Å². The largest absolute Gasteiger partial charge is 0.480 e. The number of thiazole rings is 1. The number of nitrogens with zero attached hydrogens (tertiary/aromatic N) is 2. The SMILES string of the molecule is C=CCN(CC(=O)O)C(=O)c1csc(CCNC(=O)OCC2c3ccccc3-c3ccccc32)n1. The molecule has 8 nitrogen and oxygen atoms in total. The van der Waals surface area contributed by atoms with E-state index in [4.69, 9.17) is 9.84 Å². The van der Waals surface area contributed by atoms with Crippen molar-refractivity contribution in [2.75, 3.05) is 26.2 Å². The van der Waals surface area contributed by atoms with E-state index in [0.717, 1.165) is 16.0 Å². The summed E-state index contributed by atoms with van der Waals surface area (Å²) in [7, 11) is 0. The number of fused-ring (bicyclic) bond motifs is 3. The Morgan fingerprint density at radius 3 is 2.40 bits per heavy atom. The highest BCUT2D eigenvalue weighted by atomic mass is 32.1. The molecule has 4 rings (SSSR count). The van der Waals surface area contributed by atoms with Gasteiger partial charge in [0.05, 0.1) is 5.01 Å². The molecule has 1 aliphatic rings. The molecule has 1 aromatic heterocycles. The normalized spacial score (nSPS) is 11.9. The lowest BCUT2D eigenvalue weighted by Gasteiger charge is -2.17. The second-order valence-electron chi connectivity index (χ2n) is 8.00. The first-order chi connectivity index (χ1) is 17.0. The van der Waals surface area contributed by atoms with E-state index in [1.807, 2.05) is 24.3 Å². The number of hydrogen-bond acceptors (Lipinski definition) is 6. The molecule has 0 aliphatic heterocycles. The number of amides is 2. The number of carbonyl (C=O) groups excluding carboxylic acids is 2. The molecule has 0 spiro atoms. The molecule has 0 fully saturated rings. The Kier molecular flexibility index (Phi) is 7.57. The molecule has 0 radical (unpaired) electrons. The minimum absolute atomic E-state index is 0.00926. The molecule has 0 saturated heterocycles. The van der Waals surface area contributed by atoms with Gasteiger partial charge in [0.1, 0.15) is 18.8 Å². The highest BCUT2D eigenvalue weighted by molar-refractivity contribution is 7.09. The third-order valence-electron chi connectivity index (χ3n) is 5.69. The number of ether oxygens (including phenoxy) is 1. The van der Waals surface area contributed by atoms with Crippen LogP contribution in [0.2, 0.25) is 0 Å². The van der Waals surface area contributed by atoms with Crippen LogP contribution in [0, 0.1) is 0 Å². The summed E-state index contributed by atoms with van der Waals surface area (Å²) in [5.74, 6) is -1.59. The summed E-state index contributed by atoms with van der Waals surface area (Å²) in [5.41, 5.74) is 4.81. The summed E-state index contributed by atoms with van der Waals surface area (Å²) in [6.45, 7) is 3.76. The Morgan fingerprint density at radius 2 is 1.77 bits per heavy atom. The van der Waals surface area contributed by atoms with Gasteiger partial charge < -0.3 is 20.1 Å². The fourth-order valence-electron chi connectivity index (χ4n) is 4.15. The maximum Gasteiger partial charge on any atom is 0.407 e. The van der Waals surface area contributed by atoms with Crippen LogP contribution < -0.4 is 5.32 Å². The maximum atomic E-state index is 12.5. The fraction of sp³-hybridized carbons (Fsp3) is 0.231. The third-order valence-corrected chi connectivity index (χ3v) is 6.59. The number of benzene rings is 2. The number of hydrogen-bond donors (Lipinski definition) is 2. The Hall–Kier alpha value is -3.98. The first-order valence-corrected chi connectivity index (χ1v) is 12.0. The van der Waals surface area contributed by atoms with Crippen LogP contribution in [0.15, 0.2) is 66.6 Å². The van der Waals surface area contributed by atoms with Gasteiger partial charge in [-0.25, -0.2) is 9.78 Å². The molecule has 0 bridgehead atoms. The van der Waals surface area contributed by atoms with Gasteiger partial charge in [-0.05, 0) is 22.3 Å². The first-order valence-electron chi connectivity index (χ1n) is 11.1. The molecule has 2 aromatic carbocycles. The quantitative estimate of drug-likeness (QED) is 0.416. The van der Waals surface area contributed by atoms with Crippen molar-refractivity contribution in [2.45, 2.75) is 12.3 Å². The number of rotatable bonds is 10. The zero-order chi connectivity index (χ0) is 24.8. The van der Waals surface area contributed by atoms with Crippen molar-refractivity contribution < 1.29 is 24.2 Å². The summed E-state index contributed by atoms with van der Waals surface area (Å²) >= 11 is 1.28. The van der Waals surface area contributed by atoms with Crippen molar-refractivity contribution in [2.24, 2.45) is 0 Å². The van der Waals surface area contributed by atoms with Crippen molar-refractivity contribution in [3.63, 3.8) is 0 Å². The van der Waals surface area contributed by atoms with Gasteiger partial charge in [-0.1, -0.05) is 54.6 Å². The van der Waals surface area contributed by atoms with E-state index >= 15 is 0 Å². The van der Waals surface area contributed by atoms with Crippen molar-refractivity contribution >= 4 is 29.3 Å². The van der Waals surface area contributed by atoms with Gasteiger partial charge in [-0.15, -0.1) is 17.9 Å². The standard InChI is InChI=1S/C26H25N3O5S/c1-2-13-29(14-24(30)31)25(32)22-16-35-23(28-22)11-12-27-26(33)34-15-21-19-9-5-3-7-17(19)18-8-4-6-10-20(18)21/h2-10,16,21H,1,11-15H2,(H,27,33)(H,30,31). The molecule has 35 heavy (non-hydrogen) atoms. The summed E-state index contributed by atoms with van der Waals surface area (Å²) < 4.78 is 5.52. The summed E-state index contributed by atoms with van der Waals surface area (Å²) in [6.07, 6.45) is 1.37. The van der Waals surface area contributed by atoms with Crippen LogP contribution in [-0.2, 0) is 16.0 Å². The van der Waals surface area contributed by atoms with E-state index in [1.54, 1.807) is 5.38 Å². The molecule has 9 heteroatoms. The number of carboxylic acid groups (broad SMARTS) is 1. The third kappa shape index (κ3) is 5.58. The van der Waals surface area contributed by atoms with Gasteiger partial charge >= 0.3 is 12.1 Å². The number of carboxylic acids is 1. The topological polar surface area (TPSA) is 109 Å². The molecule has 0 saturated carbocycles. The van der Waals surface area contributed by atoms with Crippen molar-refractivity contribution in [3.8, 4) is 11.1 Å². The lowest BCUT2D eigenvalue weighted by atomic mass is 9.98. The van der Waals surface area contributed by atoms with Crippen LogP contribution in [0.1, 0.15) is 32.5 Å². The first kappa shape index (κ1) is 24.2. The molecule has 3 aromatic rings. The number of alkyl carbamates (subject to hydrolysis) is 1. The van der Waals surface area contributed by atoms with Gasteiger partial charge in [0.25, 0.3) is 5.91 Å². The zero-order valence-electron chi connectivity index (χ0n) is 19.0. The Morgan fingerprint density at radius 1 is 1.11 bits per heavy atom. The fourth-order valence-corrected chi connectivity index (χ4v) is 4.92. The second kappa shape index (κ2) is 11.0. The van der Waals surface area contributed by atoms with Crippen LogP contribution in [0.25, 0.3) is 11.1 Å². The molecule has 0 atom stereocenters. The molecule has 2 amide bonds. The van der Waals surface area contributed by atoms with Crippen molar-refractivity contribution in [1.29, 1.82) is 0 Å². The van der Waals surface area contributed by atoms with Crippen molar-refractivity contribution in [1.82, 2.24) is 15.2 Å². The highest BCUT2D eigenvalue weighted by Crippen LogP contribution is 2.44. The van der Waals surface area contributed by atoms with Crippen LogP contribution in [0.3, 0.4) is 0 Å². The highest BCUT2D eigenvalue weighted by Gasteiger charge is 2.29.